The van der Waals surface area contributed by atoms with Gasteiger partial charge in [0, 0.05) is 25.9 Å². The maximum Gasteiger partial charge on any atom is 0.335 e. The molecule has 0 unspecified atom stereocenters. The van der Waals surface area contributed by atoms with E-state index in [1.165, 1.54) is 63.5 Å². The van der Waals surface area contributed by atoms with Gasteiger partial charge >= 0.3 is 17.9 Å². The first-order valence-corrected chi connectivity index (χ1v) is 16.7. The number of hydrogen-bond acceptors (Lipinski definition) is 6. The normalized spacial score (nSPS) is 11.7. The van der Waals surface area contributed by atoms with Crippen molar-refractivity contribution in [2.75, 3.05) is 6.54 Å². The minimum atomic E-state index is -0.991. The molecule has 0 saturated heterocycles. The van der Waals surface area contributed by atoms with E-state index in [1.807, 2.05) is 41.5 Å². The first-order chi connectivity index (χ1) is 20.7. The highest BCUT2D eigenvalue weighted by Gasteiger charge is 2.20. The van der Waals surface area contributed by atoms with Crippen LogP contribution in [0, 0.1) is 0 Å². The van der Waals surface area contributed by atoms with Crippen molar-refractivity contribution in [2.24, 2.45) is 0 Å². The number of carboxylic acid groups (broad SMARTS) is 1. The first kappa shape index (κ1) is 39.1. The molecule has 1 N–H and O–H groups in total. The maximum atomic E-state index is 13.1. The van der Waals surface area contributed by atoms with Gasteiger partial charge in [0.1, 0.15) is 11.2 Å². The van der Waals surface area contributed by atoms with Crippen LogP contribution in [-0.4, -0.2) is 51.6 Å². The quantitative estimate of drug-likeness (QED) is 0.102. The smallest absolute Gasteiger partial charge is 0.335 e. The molecule has 0 fully saturated rings. The van der Waals surface area contributed by atoms with Crippen molar-refractivity contribution < 1.29 is 33.8 Å². The van der Waals surface area contributed by atoms with E-state index >= 15 is 0 Å². The summed E-state index contributed by atoms with van der Waals surface area (Å²) >= 11 is 0. The van der Waals surface area contributed by atoms with Gasteiger partial charge in [-0.1, -0.05) is 82.8 Å². The molecular weight excluding hydrogens is 558 g/mol. The molecule has 0 aliphatic heterocycles. The van der Waals surface area contributed by atoms with Crippen molar-refractivity contribution >= 4 is 23.8 Å². The lowest BCUT2D eigenvalue weighted by atomic mass is 10.0. The third kappa shape index (κ3) is 20.9. The van der Waals surface area contributed by atoms with Crippen LogP contribution in [0.1, 0.15) is 160 Å². The average molecular weight is 618 g/mol. The topological polar surface area (TPSA) is 110 Å². The van der Waals surface area contributed by atoms with Gasteiger partial charge in [-0.25, -0.2) is 4.79 Å². The van der Waals surface area contributed by atoms with Gasteiger partial charge in [0.25, 0.3) is 0 Å². The molecule has 0 spiro atoms. The predicted molar refractivity (Wildman–Crippen MR) is 174 cm³/mol. The van der Waals surface area contributed by atoms with Crippen LogP contribution in [0.4, 0.5) is 0 Å². The maximum absolute atomic E-state index is 13.1. The second kappa shape index (κ2) is 20.9. The standard InChI is InChI=1S/C36H59NO7/c1-35(2,3)43-32(39)21-19-17-15-13-11-9-7-8-10-12-14-16-18-20-31(38)37(27-26-33(40)44-36(4,5)6)28-29-22-24-30(25-23-29)34(41)42/h22-25H,7-21,26-28H2,1-6H3,(H,41,42). The summed E-state index contributed by atoms with van der Waals surface area (Å²) in [5.41, 5.74) is 0.0466. The van der Waals surface area contributed by atoms with Gasteiger partial charge in [-0.2, -0.15) is 0 Å². The molecule has 1 aromatic rings. The second-order valence-corrected chi connectivity index (χ2v) is 13.8. The van der Waals surface area contributed by atoms with Gasteiger partial charge in [-0.3, -0.25) is 14.4 Å². The van der Waals surface area contributed by atoms with E-state index in [9.17, 15) is 19.2 Å². The highest BCUT2D eigenvalue weighted by atomic mass is 16.6. The van der Waals surface area contributed by atoms with Crippen LogP contribution in [0.5, 0.6) is 0 Å². The molecule has 1 rings (SSSR count). The molecule has 8 nitrogen and oxygen atoms in total. The molecule has 0 atom stereocenters. The van der Waals surface area contributed by atoms with E-state index in [-0.39, 0.29) is 36.4 Å². The predicted octanol–water partition coefficient (Wildman–Crippen LogP) is 8.64. The number of carbonyl (C=O) groups excluding carboxylic acids is 3. The average Bonchev–Trinajstić information content (AvgIpc) is 2.91. The molecule has 1 aromatic carbocycles. The van der Waals surface area contributed by atoms with Gasteiger partial charge in [0.15, 0.2) is 0 Å². The van der Waals surface area contributed by atoms with Crippen LogP contribution in [0.2, 0.25) is 0 Å². The highest BCUT2D eigenvalue weighted by Crippen LogP contribution is 2.17. The van der Waals surface area contributed by atoms with Gasteiger partial charge in [0.05, 0.1) is 12.0 Å². The lowest BCUT2D eigenvalue weighted by molar-refractivity contribution is -0.156. The molecule has 0 saturated carbocycles. The van der Waals surface area contributed by atoms with Crippen molar-refractivity contribution in [3.8, 4) is 0 Å². The third-order valence-corrected chi connectivity index (χ3v) is 7.12. The van der Waals surface area contributed by atoms with E-state index < -0.39 is 17.2 Å². The van der Waals surface area contributed by atoms with Crippen molar-refractivity contribution in [3.63, 3.8) is 0 Å². The van der Waals surface area contributed by atoms with Gasteiger partial charge in [-0.05, 0) is 72.1 Å². The third-order valence-electron chi connectivity index (χ3n) is 7.12. The molecule has 0 aromatic heterocycles. The summed E-state index contributed by atoms with van der Waals surface area (Å²) in [4.78, 5) is 49.9. The summed E-state index contributed by atoms with van der Waals surface area (Å²) < 4.78 is 10.8. The fourth-order valence-electron chi connectivity index (χ4n) is 4.92. The van der Waals surface area contributed by atoms with Gasteiger partial charge in [0.2, 0.25) is 5.91 Å². The Balaban J connectivity index is 2.22. The minimum Gasteiger partial charge on any atom is -0.478 e. The Kier molecular flexibility index (Phi) is 18.6. The molecule has 8 heteroatoms. The Morgan fingerprint density at radius 3 is 1.39 bits per heavy atom. The summed E-state index contributed by atoms with van der Waals surface area (Å²) in [5.74, 6) is -1.43. The number of amides is 1. The number of carbonyl (C=O) groups is 4. The Morgan fingerprint density at radius 1 is 0.591 bits per heavy atom. The number of hydrogen-bond donors (Lipinski definition) is 1. The highest BCUT2D eigenvalue weighted by molar-refractivity contribution is 5.87. The van der Waals surface area contributed by atoms with Gasteiger partial charge in [-0.15, -0.1) is 0 Å². The van der Waals surface area contributed by atoms with E-state index in [1.54, 1.807) is 17.0 Å². The second-order valence-electron chi connectivity index (χ2n) is 13.8. The fourth-order valence-corrected chi connectivity index (χ4v) is 4.92. The molecule has 1 amide bonds. The fraction of sp³-hybridized carbons (Fsp3) is 0.722. The summed E-state index contributed by atoms with van der Waals surface area (Å²) in [6, 6.07) is 6.50. The molecular formula is C36H59NO7. The Hall–Kier alpha value is -2.90. The van der Waals surface area contributed by atoms with Crippen molar-refractivity contribution in [2.45, 2.75) is 162 Å². The number of benzene rings is 1. The molecule has 250 valence electrons. The van der Waals surface area contributed by atoms with Crippen LogP contribution in [0.3, 0.4) is 0 Å². The summed E-state index contributed by atoms with van der Waals surface area (Å²) in [7, 11) is 0. The van der Waals surface area contributed by atoms with Crippen LogP contribution in [0.25, 0.3) is 0 Å². The Morgan fingerprint density at radius 2 is 0.977 bits per heavy atom. The number of unbranched alkanes of at least 4 members (excludes halogenated alkanes) is 12. The van der Waals surface area contributed by atoms with E-state index in [2.05, 4.69) is 0 Å². The Labute approximate surface area is 266 Å². The van der Waals surface area contributed by atoms with Crippen LogP contribution >= 0.6 is 0 Å². The molecule has 0 bridgehead atoms. The number of aromatic carboxylic acids is 1. The minimum absolute atomic E-state index is 0.000657. The molecule has 44 heavy (non-hydrogen) atoms. The van der Waals surface area contributed by atoms with E-state index in [0.29, 0.717) is 19.4 Å². The van der Waals surface area contributed by atoms with Crippen molar-refractivity contribution in [1.29, 1.82) is 0 Å². The molecule has 0 aliphatic rings. The molecule has 0 heterocycles. The SMILES string of the molecule is CC(C)(C)OC(=O)CCCCCCCCCCCCCCCC(=O)N(CCC(=O)OC(C)(C)C)Cc1ccc(C(=O)O)cc1. The van der Waals surface area contributed by atoms with Crippen LogP contribution in [0.15, 0.2) is 24.3 Å². The number of nitrogens with zero attached hydrogens (tertiary/aromatic N) is 1. The van der Waals surface area contributed by atoms with Crippen LogP contribution in [-0.2, 0) is 30.4 Å². The largest absolute Gasteiger partial charge is 0.478 e. The molecule has 0 radical (unpaired) electrons. The van der Waals surface area contributed by atoms with Crippen LogP contribution < -0.4 is 0 Å². The lowest BCUT2D eigenvalue weighted by Crippen LogP contribution is -2.34. The number of carboxylic acids is 1. The summed E-state index contributed by atoms with van der Waals surface area (Å²) in [6.07, 6.45) is 15.8. The number of esters is 2. The summed E-state index contributed by atoms with van der Waals surface area (Å²) in [5, 5.41) is 9.15. The van der Waals surface area contributed by atoms with Crippen molar-refractivity contribution in [1.82, 2.24) is 4.90 Å². The lowest BCUT2D eigenvalue weighted by Gasteiger charge is -2.24. The zero-order chi connectivity index (χ0) is 33.0. The zero-order valence-electron chi connectivity index (χ0n) is 28.4. The monoisotopic (exact) mass is 617 g/mol. The van der Waals surface area contributed by atoms with Crippen molar-refractivity contribution in [3.05, 3.63) is 35.4 Å². The summed E-state index contributed by atoms with van der Waals surface area (Å²) in [6.45, 7) is 11.7. The Bertz CT molecular complexity index is 989. The number of rotatable bonds is 22. The molecule has 0 aliphatic carbocycles. The zero-order valence-corrected chi connectivity index (χ0v) is 28.4. The van der Waals surface area contributed by atoms with Gasteiger partial charge < -0.3 is 19.5 Å². The first-order valence-electron chi connectivity index (χ1n) is 16.7. The number of ether oxygens (including phenoxy) is 2. The van der Waals surface area contributed by atoms with E-state index in [0.717, 1.165) is 37.7 Å². The van der Waals surface area contributed by atoms with E-state index in [4.69, 9.17) is 14.6 Å².